The summed E-state index contributed by atoms with van der Waals surface area (Å²) in [5.74, 6) is -0.332. The summed E-state index contributed by atoms with van der Waals surface area (Å²) < 4.78 is 11.4. The molecule has 3 aromatic carbocycles. The van der Waals surface area contributed by atoms with E-state index in [0.29, 0.717) is 35.2 Å². The van der Waals surface area contributed by atoms with Crippen LogP contribution in [-0.2, 0) is 4.74 Å². The van der Waals surface area contributed by atoms with Crippen LogP contribution in [0.2, 0.25) is 0 Å². The van der Waals surface area contributed by atoms with Gasteiger partial charge in [0.15, 0.2) is 0 Å². The largest absolute Gasteiger partial charge is 0.416 e. The summed E-state index contributed by atoms with van der Waals surface area (Å²) in [7, 11) is 0. The highest BCUT2D eigenvalue weighted by Crippen LogP contribution is 2.28. The van der Waals surface area contributed by atoms with E-state index in [2.05, 4.69) is 15.5 Å². The van der Waals surface area contributed by atoms with E-state index < -0.39 is 11.8 Å². The number of amides is 3. The number of aryl methyl sites for hydroxylation is 1. The Morgan fingerprint density at radius 1 is 0.947 bits per heavy atom. The fourth-order valence-corrected chi connectivity index (χ4v) is 4.75. The summed E-state index contributed by atoms with van der Waals surface area (Å²) >= 11 is 0. The van der Waals surface area contributed by atoms with Crippen molar-refractivity contribution in [2.75, 3.05) is 18.5 Å². The standard InChI is InChI=1S/C29H24N4O5/c1-17-5-2-3-7-22(17)27-32-31-26(38-27)18-8-11-20(12-9-18)30-25(34)19-10-13-23-24(15-19)29(36)33(28(23)35)16-21-6-4-14-37-21/h2-3,5,7-13,15,21H,4,6,14,16H2,1H3,(H,30,34). The molecular weight excluding hydrogens is 484 g/mol. The second kappa shape index (κ2) is 9.68. The van der Waals surface area contributed by atoms with E-state index in [1.807, 2.05) is 31.2 Å². The average molecular weight is 509 g/mol. The van der Waals surface area contributed by atoms with E-state index in [1.54, 1.807) is 30.3 Å². The van der Waals surface area contributed by atoms with Gasteiger partial charge in [-0.2, -0.15) is 0 Å². The Hall–Kier alpha value is -4.63. The summed E-state index contributed by atoms with van der Waals surface area (Å²) in [6.07, 6.45) is 1.60. The lowest BCUT2D eigenvalue weighted by atomic mass is 10.1. The number of rotatable bonds is 6. The third kappa shape index (κ3) is 4.37. The summed E-state index contributed by atoms with van der Waals surface area (Å²) in [5.41, 5.74) is 4.00. The molecule has 1 fully saturated rings. The average Bonchev–Trinajstić information content (AvgIpc) is 3.68. The maximum absolute atomic E-state index is 12.9. The predicted octanol–water partition coefficient (Wildman–Crippen LogP) is 4.74. The number of hydrogen-bond acceptors (Lipinski definition) is 7. The minimum absolute atomic E-state index is 0.135. The molecule has 1 unspecified atom stereocenters. The van der Waals surface area contributed by atoms with Crippen LogP contribution < -0.4 is 5.32 Å². The number of fused-ring (bicyclic) bond motifs is 1. The number of hydrogen-bond donors (Lipinski definition) is 1. The first-order chi connectivity index (χ1) is 18.5. The molecule has 0 saturated carbocycles. The summed E-state index contributed by atoms with van der Waals surface area (Å²) in [4.78, 5) is 39.8. The van der Waals surface area contributed by atoms with Crippen molar-refractivity contribution in [1.29, 1.82) is 0 Å². The zero-order valence-electron chi connectivity index (χ0n) is 20.6. The second-order valence-electron chi connectivity index (χ2n) is 9.38. The molecule has 1 N–H and O–H groups in total. The van der Waals surface area contributed by atoms with Crippen molar-refractivity contribution < 1.29 is 23.5 Å². The van der Waals surface area contributed by atoms with Gasteiger partial charge in [-0.25, -0.2) is 0 Å². The molecule has 0 bridgehead atoms. The van der Waals surface area contributed by atoms with Crippen LogP contribution in [0.3, 0.4) is 0 Å². The quantitative estimate of drug-likeness (QED) is 0.374. The van der Waals surface area contributed by atoms with Gasteiger partial charge in [-0.05, 0) is 73.9 Å². The minimum Gasteiger partial charge on any atom is -0.416 e. The van der Waals surface area contributed by atoms with Crippen molar-refractivity contribution in [3.63, 3.8) is 0 Å². The molecule has 1 saturated heterocycles. The first-order valence-corrected chi connectivity index (χ1v) is 12.4. The third-order valence-corrected chi connectivity index (χ3v) is 6.83. The number of anilines is 1. The lowest BCUT2D eigenvalue weighted by Gasteiger charge is -2.17. The molecule has 3 amide bonds. The van der Waals surface area contributed by atoms with Crippen LogP contribution in [0.25, 0.3) is 22.9 Å². The first-order valence-electron chi connectivity index (χ1n) is 12.4. The first kappa shape index (κ1) is 23.7. The summed E-state index contributed by atoms with van der Waals surface area (Å²) in [5, 5.41) is 11.1. The Balaban J connectivity index is 1.14. The topological polar surface area (TPSA) is 115 Å². The minimum atomic E-state index is -0.399. The highest BCUT2D eigenvalue weighted by molar-refractivity contribution is 6.22. The second-order valence-corrected chi connectivity index (χ2v) is 9.38. The van der Waals surface area contributed by atoms with Gasteiger partial charge in [0.1, 0.15) is 0 Å². The van der Waals surface area contributed by atoms with Crippen LogP contribution in [0.15, 0.2) is 71.1 Å². The molecule has 3 heterocycles. The van der Waals surface area contributed by atoms with Crippen molar-refractivity contribution in [2.45, 2.75) is 25.9 Å². The van der Waals surface area contributed by atoms with E-state index in [1.165, 1.54) is 17.0 Å². The molecule has 9 nitrogen and oxygen atoms in total. The Bertz CT molecular complexity index is 1550. The highest BCUT2D eigenvalue weighted by atomic mass is 16.5. The zero-order valence-corrected chi connectivity index (χ0v) is 20.6. The lowest BCUT2D eigenvalue weighted by Crippen LogP contribution is -2.36. The van der Waals surface area contributed by atoms with Crippen LogP contribution in [0, 0.1) is 6.92 Å². The molecule has 6 rings (SSSR count). The van der Waals surface area contributed by atoms with Gasteiger partial charge < -0.3 is 14.5 Å². The smallest absolute Gasteiger partial charge is 0.261 e. The summed E-state index contributed by atoms with van der Waals surface area (Å²) in [6, 6.07) is 19.3. The van der Waals surface area contributed by atoms with E-state index in [0.717, 1.165) is 24.0 Å². The number of carbonyl (C=O) groups excluding carboxylic acids is 3. The van der Waals surface area contributed by atoms with Gasteiger partial charge in [-0.15, -0.1) is 10.2 Å². The fourth-order valence-electron chi connectivity index (χ4n) is 4.75. The number of nitrogens with zero attached hydrogens (tertiary/aromatic N) is 3. The van der Waals surface area contributed by atoms with Gasteiger partial charge in [-0.1, -0.05) is 18.2 Å². The van der Waals surface area contributed by atoms with E-state index in [-0.39, 0.29) is 29.7 Å². The van der Waals surface area contributed by atoms with E-state index >= 15 is 0 Å². The lowest BCUT2D eigenvalue weighted by molar-refractivity contribution is 0.0475. The molecule has 2 aliphatic rings. The molecule has 9 heteroatoms. The van der Waals surface area contributed by atoms with Gasteiger partial charge in [0.25, 0.3) is 17.7 Å². The molecule has 190 valence electrons. The van der Waals surface area contributed by atoms with Gasteiger partial charge in [0.05, 0.1) is 23.8 Å². The van der Waals surface area contributed by atoms with Crippen LogP contribution in [0.5, 0.6) is 0 Å². The maximum Gasteiger partial charge on any atom is 0.261 e. The Kier molecular flexibility index (Phi) is 6.05. The van der Waals surface area contributed by atoms with Gasteiger partial charge >= 0.3 is 0 Å². The van der Waals surface area contributed by atoms with Crippen LogP contribution in [0.4, 0.5) is 5.69 Å². The zero-order chi connectivity index (χ0) is 26.2. The fraction of sp³-hybridized carbons (Fsp3) is 0.207. The molecule has 1 aromatic heterocycles. The molecule has 0 aliphatic carbocycles. The van der Waals surface area contributed by atoms with Gasteiger partial charge in [-0.3, -0.25) is 19.3 Å². The van der Waals surface area contributed by atoms with Gasteiger partial charge in [0, 0.05) is 29.0 Å². The third-order valence-electron chi connectivity index (χ3n) is 6.83. The van der Waals surface area contributed by atoms with Crippen LogP contribution >= 0.6 is 0 Å². The number of carbonyl (C=O) groups is 3. The normalized spacial score (nSPS) is 16.7. The monoisotopic (exact) mass is 508 g/mol. The van der Waals surface area contributed by atoms with Crippen molar-refractivity contribution in [3.8, 4) is 22.9 Å². The van der Waals surface area contributed by atoms with Crippen molar-refractivity contribution >= 4 is 23.4 Å². The number of imide groups is 1. The van der Waals surface area contributed by atoms with E-state index in [9.17, 15) is 14.4 Å². The predicted molar refractivity (Wildman–Crippen MR) is 139 cm³/mol. The van der Waals surface area contributed by atoms with Crippen LogP contribution in [0.1, 0.15) is 49.5 Å². The van der Waals surface area contributed by atoms with Crippen molar-refractivity contribution in [2.24, 2.45) is 0 Å². The molecule has 4 aromatic rings. The molecule has 0 radical (unpaired) electrons. The maximum atomic E-state index is 12.9. The number of benzene rings is 3. The Labute approximate surface area is 218 Å². The molecule has 2 aliphatic heterocycles. The molecular formula is C29H24N4O5. The van der Waals surface area contributed by atoms with Gasteiger partial charge in [0.2, 0.25) is 11.8 Å². The Morgan fingerprint density at radius 3 is 2.47 bits per heavy atom. The summed E-state index contributed by atoms with van der Waals surface area (Å²) in [6.45, 7) is 2.85. The van der Waals surface area contributed by atoms with E-state index in [4.69, 9.17) is 9.15 Å². The van der Waals surface area contributed by atoms with Crippen LogP contribution in [-0.4, -0.2) is 52.1 Å². The van der Waals surface area contributed by atoms with Crippen molar-refractivity contribution in [1.82, 2.24) is 15.1 Å². The molecule has 1 atom stereocenters. The number of aromatic nitrogens is 2. The number of nitrogens with one attached hydrogen (secondary N) is 1. The SMILES string of the molecule is Cc1ccccc1-c1nnc(-c2ccc(NC(=O)c3ccc4c(c3)C(=O)N(CC3CCCO3)C4=O)cc2)o1. The Morgan fingerprint density at radius 2 is 1.71 bits per heavy atom. The molecule has 38 heavy (non-hydrogen) atoms. The van der Waals surface area contributed by atoms with Crippen molar-refractivity contribution in [3.05, 3.63) is 89.0 Å². The molecule has 0 spiro atoms. The highest BCUT2D eigenvalue weighted by Gasteiger charge is 2.38. The number of ether oxygens (including phenoxy) is 1.